The van der Waals surface area contributed by atoms with Gasteiger partial charge in [0.1, 0.15) is 35.9 Å². The first-order chi connectivity index (χ1) is 42.1. The number of rotatable bonds is 23. The Morgan fingerprint density at radius 2 is 1.62 bits per heavy atom. The standard InChI is InChI=1S/C63H72ClN10O13PS/c1-33(36-14-16-38(17-15-36)54-34(2)66-32-89-54)67-58(80)49-30-44(75)31-73(49)61(83)55(63(3,4)5)72-52(77)13-8-6-7-10-35-24-42(64)29-43(25-35)68-56(78)46(22-23-51(65)76)70-59(81)50-28-39-12-9-11-37-18-21-47(60(82)74(50)53(37)39)71-57(79)48-27-41-26-40(19-20-45(41)69-48)62(84)88(85,86)87/h9,11-12,14-17,19-20,24-27,29,32-33,44,46-47,49-50,55,69,75H,6-8,10,13,18,21-23,28,30-31H2,1-5H3,(H2,65,76)(H,67,80)(H,68,78)(H,70,81)(H,71,79)(H,72,77)(H2,85,86,87)/t33-,44+,46-,47-,49-,50-,55+/m0/s1. The number of amides is 8. The molecule has 1 saturated heterocycles. The van der Waals surface area contributed by atoms with E-state index in [0.29, 0.717) is 65.0 Å². The summed E-state index contributed by atoms with van der Waals surface area (Å²) in [5, 5.41) is 25.6. The maximum atomic E-state index is 14.6. The second-order valence-corrected chi connectivity index (χ2v) is 26.9. The van der Waals surface area contributed by atoms with Gasteiger partial charge in [-0.25, -0.2) is 4.98 Å². The molecule has 4 aromatic carbocycles. The van der Waals surface area contributed by atoms with Crippen molar-refractivity contribution in [1.82, 2.24) is 36.1 Å². The number of likely N-dealkylation sites (tertiary alicyclic amines) is 1. The zero-order valence-electron chi connectivity index (χ0n) is 49.8. The molecule has 3 aliphatic heterocycles. The lowest BCUT2D eigenvalue weighted by atomic mass is 9.85. The number of unbranched alkanes of at least 4 members (excludes halogenated alkanes) is 2. The van der Waals surface area contributed by atoms with Crippen LogP contribution in [0, 0.1) is 12.3 Å². The molecule has 0 unspecified atom stereocenters. The average Bonchev–Trinajstić information content (AvgIpc) is 1.66. The molecule has 26 heteroatoms. The number of halogens is 1. The second kappa shape index (κ2) is 27.3. The summed E-state index contributed by atoms with van der Waals surface area (Å²) in [6.07, 6.45) is 1.49. The van der Waals surface area contributed by atoms with Crippen molar-refractivity contribution in [3.05, 3.63) is 135 Å². The minimum atomic E-state index is -5.08. The predicted molar refractivity (Wildman–Crippen MR) is 335 cm³/mol. The number of nitrogens with two attached hydrogens (primary N) is 1. The molecule has 9 rings (SSSR count). The molecular formula is C63H72ClN10O13PS. The topological polar surface area (TPSA) is 353 Å². The number of hydrogen-bond donors (Lipinski definition) is 10. The second-order valence-electron chi connectivity index (χ2n) is 24.1. The van der Waals surface area contributed by atoms with Gasteiger partial charge in [0.25, 0.3) is 11.4 Å². The molecule has 89 heavy (non-hydrogen) atoms. The van der Waals surface area contributed by atoms with E-state index in [4.69, 9.17) is 17.3 Å². The number of aromatic amines is 1. The molecule has 23 nitrogen and oxygen atoms in total. The summed E-state index contributed by atoms with van der Waals surface area (Å²) in [5.41, 5.74) is 11.1. The number of nitrogens with one attached hydrogen (secondary N) is 6. The minimum Gasteiger partial charge on any atom is -0.391 e. The number of fused-ring (bicyclic) bond motifs is 1. The predicted octanol–water partition coefficient (Wildman–Crippen LogP) is 6.44. The first-order valence-electron chi connectivity index (χ1n) is 29.4. The molecule has 0 spiro atoms. The van der Waals surface area contributed by atoms with Gasteiger partial charge in [0.2, 0.25) is 41.4 Å². The highest BCUT2D eigenvalue weighted by molar-refractivity contribution is 7.70. The van der Waals surface area contributed by atoms with Gasteiger partial charge in [-0.2, -0.15) is 0 Å². The van der Waals surface area contributed by atoms with Gasteiger partial charge in [-0.05, 0) is 128 Å². The van der Waals surface area contributed by atoms with Gasteiger partial charge < -0.3 is 57.1 Å². The van der Waals surface area contributed by atoms with Crippen LogP contribution in [0.5, 0.6) is 0 Å². The van der Waals surface area contributed by atoms with E-state index in [-0.39, 0.29) is 62.2 Å². The number of hydrogen-bond acceptors (Lipinski definition) is 13. The number of aliphatic hydroxyl groups is 1. The molecule has 0 saturated carbocycles. The van der Waals surface area contributed by atoms with E-state index in [1.54, 1.807) is 41.1 Å². The zero-order chi connectivity index (χ0) is 64.2. The first-order valence-corrected chi connectivity index (χ1v) is 32.3. The Morgan fingerprint density at radius 1 is 0.888 bits per heavy atom. The molecule has 8 amide bonds. The van der Waals surface area contributed by atoms with E-state index in [1.807, 2.05) is 65.0 Å². The van der Waals surface area contributed by atoms with Crippen LogP contribution in [0.25, 0.3) is 21.3 Å². The number of H-pyrrole nitrogens is 1. The molecule has 0 aliphatic carbocycles. The third-order valence-corrected chi connectivity index (χ3v) is 18.3. The Morgan fingerprint density at radius 3 is 2.31 bits per heavy atom. The van der Waals surface area contributed by atoms with Crippen molar-refractivity contribution in [2.45, 2.75) is 148 Å². The Kier molecular flexibility index (Phi) is 20.1. The lowest BCUT2D eigenvalue weighted by Crippen LogP contribution is -2.57. The van der Waals surface area contributed by atoms with Crippen LogP contribution in [0.4, 0.5) is 11.4 Å². The largest absolute Gasteiger partial charge is 0.396 e. The van der Waals surface area contributed by atoms with E-state index in [2.05, 4.69) is 36.6 Å². The first kappa shape index (κ1) is 65.3. The van der Waals surface area contributed by atoms with Crippen molar-refractivity contribution >= 4 is 106 Å². The molecule has 1 fully saturated rings. The summed E-state index contributed by atoms with van der Waals surface area (Å²) in [5.74, 6) is -4.65. The van der Waals surface area contributed by atoms with Crippen LogP contribution in [-0.2, 0) is 57.4 Å². The van der Waals surface area contributed by atoms with E-state index in [9.17, 15) is 62.6 Å². The number of thiazole rings is 1. The van der Waals surface area contributed by atoms with Crippen LogP contribution >= 0.6 is 30.5 Å². The van der Waals surface area contributed by atoms with Crippen molar-refractivity contribution in [2.24, 2.45) is 11.1 Å². The Labute approximate surface area is 522 Å². The highest BCUT2D eigenvalue weighted by Crippen LogP contribution is 2.41. The zero-order valence-corrected chi connectivity index (χ0v) is 52.2. The molecule has 2 aromatic heterocycles. The number of primary amides is 1. The summed E-state index contributed by atoms with van der Waals surface area (Å²) in [7, 11) is -5.08. The smallest absolute Gasteiger partial charge is 0.391 e. The van der Waals surface area contributed by atoms with Crippen molar-refractivity contribution in [2.75, 3.05) is 16.8 Å². The van der Waals surface area contributed by atoms with Crippen molar-refractivity contribution < 1.29 is 62.6 Å². The molecule has 3 aliphatic rings. The molecular weight excluding hydrogens is 1200 g/mol. The SMILES string of the molecule is Cc1ncsc1-c1ccc([C@H](C)NC(=O)[C@@H]2C[C@@H](O)CN2C(=O)[C@@H](NC(=O)CCCCCc2cc(Cl)cc(NC(=O)[C@H](CCC(N)=O)NC(=O)[C@@H]3Cc4cccc5c4N3C(=O)[C@@H](NC(=O)c3cc4cc(C(=O)P(=O)(O)O)ccc4[nH]3)CC5)c2)C(C)(C)C)cc1. The Balaban J connectivity index is 0.781. The van der Waals surface area contributed by atoms with Crippen LogP contribution in [0.1, 0.15) is 134 Å². The number of nitrogens with zero attached hydrogens (tertiary/aromatic N) is 3. The van der Waals surface area contributed by atoms with Crippen LogP contribution < -0.4 is 37.2 Å². The molecule has 5 heterocycles. The molecule has 11 N–H and O–H groups in total. The molecule has 470 valence electrons. The van der Waals surface area contributed by atoms with E-state index in [0.717, 1.165) is 32.8 Å². The summed E-state index contributed by atoms with van der Waals surface area (Å²) in [4.78, 5) is 153. The monoisotopic (exact) mass is 1270 g/mol. The average molecular weight is 1280 g/mol. The summed E-state index contributed by atoms with van der Waals surface area (Å²) >= 11 is 8.12. The minimum absolute atomic E-state index is 0.00537. The lowest BCUT2D eigenvalue weighted by molar-refractivity contribution is -0.144. The third-order valence-electron chi connectivity index (χ3n) is 16.4. The highest BCUT2D eigenvalue weighted by Gasteiger charge is 2.47. The lowest BCUT2D eigenvalue weighted by Gasteiger charge is -2.35. The van der Waals surface area contributed by atoms with Crippen LogP contribution in [0.2, 0.25) is 5.02 Å². The summed E-state index contributed by atoms with van der Waals surface area (Å²) < 4.78 is 11.6. The molecule has 7 atom stereocenters. The van der Waals surface area contributed by atoms with Gasteiger partial charge >= 0.3 is 7.60 Å². The Bertz CT molecular complexity index is 3800. The maximum Gasteiger partial charge on any atom is 0.396 e. The van der Waals surface area contributed by atoms with Gasteiger partial charge in [-0.3, -0.25) is 52.6 Å². The third kappa shape index (κ3) is 15.5. The van der Waals surface area contributed by atoms with Gasteiger partial charge in [0.15, 0.2) is 0 Å². The quantitative estimate of drug-likeness (QED) is 0.0244. The van der Waals surface area contributed by atoms with Gasteiger partial charge in [-0.15, -0.1) is 11.3 Å². The van der Waals surface area contributed by atoms with Crippen LogP contribution in [-0.4, -0.2) is 125 Å². The van der Waals surface area contributed by atoms with Crippen molar-refractivity contribution in [3.8, 4) is 10.4 Å². The summed E-state index contributed by atoms with van der Waals surface area (Å²) in [6.45, 7) is 9.21. The highest BCUT2D eigenvalue weighted by atomic mass is 35.5. The number of aromatic nitrogens is 2. The van der Waals surface area contributed by atoms with Crippen LogP contribution in [0.3, 0.4) is 0 Å². The Hall–Kier alpha value is -8.12. The van der Waals surface area contributed by atoms with Gasteiger partial charge in [0, 0.05) is 59.4 Å². The number of anilines is 2. The fourth-order valence-corrected chi connectivity index (χ4v) is 13.3. The van der Waals surface area contributed by atoms with E-state index in [1.165, 1.54) is 40.1 Å². The fourth-order valence-electron chi connectivity index (χ4n) is 11.7. The van der Waals surface area contributed by atoms with Gasteiger partial charge in [-0.1, -0.05) is 81.3 Å². The normalized spacial score (nSPS) is 18.3. The number of carbonyl (C=O) groups excluding carboxylic acids is 9. The molecule has 0 radical (unpaired) electrons. The number of carbonyl (C=O) groups is 9. The van der Waals surface area contributed by atoms with E-state index < -0.39 is 102 Å². The molecule has 6 aromatic rings. The van der Waals surface area contributed by atoms with E-state index >= 15 is 0 Å². The number of aliphatic hydroxyl groups excluding tert-OH is 1. The fraction of sp³-hybridized carbons (Fsp3) is 0.397. The number of benzene rings is 4. The number of aryl methyl sites for hydroxylation is 3. The molecule has 0 bridgehead atoms. The van der Waals surface area contributed by atoms with Crippen molar-refractivity contribution in [3.63, 3.8) is 0 Å². The number of β-amino-alcohol motifs (C(OH)–C–C–N with tert-alkyl or cyclic N) is 1. The maximum absolute atomic E-state index is 14.6. The number of para-hydroxylation sites is 1. The van der Waals surface area contributed by atoms with Crippen LogP contribution in [0.15, 0.2) is 90.4 Å². The van der Waals surface area contributed by atoms with Crippen molar-refractivity contribution in [1.29, 1.82) is 0 Å². The van der Waals surface area contributed by atoms with Gasteiger partial charge in [0.05, 0.1) is 33.9 Å². The summed E-state index contributed by atoms with van der Waals surface area (Å²) in [6, 6.07) is 17.5.